The summed E-state index contributed by atoms with van der Waals surface area (Å²) in [6.45, 7) is 5.90. The van der Waals surface area contributed by atoms with Crippen molar-refractivity contribution in [3.05, 3.63) is 0 Å². The normalized spacial score (nSPS) is 51.9. The molecule has 3 heteroatoms. The first-order valence-electron chi connectivity index (χ1n) is 4.76. The van der Waals surface area contributed by atoms with Crippen LogP contribution in [0, 0.1) is 11.3 Å². The molecule has 3 radical (unpaired) electrons. The lowest BCUT2D eigenvalue weighted by Crippen LogP contribution is -2.74. The first kappa shape index (κ1) is 11.1. The monoisotopic (exact) mass is 181 g/mol. The summed E-state index contributed by atoms with van der Waals surface area (Å²) in [6, 6.07) is 0. The van der Waals surface area contributed by atoms with E-state index in [1.807, 2.05) is 0 Å². The minimum absolute atomic E-state index is 0. The fraction of sp³-hybridized carbons (Fsp3) is 1.00. The number of rotatable bonds is 0. The van der Waals surface area contributed by atoms with Gasteiger partial charge in [0.15, 0.2) is 0 Å². The molecule has 0 aromatic rings. The average Bonchev–Trinajstić information content (AvgIpc) is 1.94. The number of hydrogen-bond acceptors (Lipinski definition) is 2. The highest BCUT2D eigenvalue weighted by molar-refractivity contribution is 5.75. The van der Waals surface area contributed by atoms with Gasteiger partial charge in [0.25, 0.3) is 0 Å². The molecule has 3 rings (SSSR count). The van der Waals surface area contributed by atoms with Crippen molar-refractivity contribution in [2.45, 2.75) is 51.2 Å². The van der Waals surface area contributed by atoms with Gasteiger partial charge in [0.05, 0.1) is 11.2 Å². The van der Waals surface area contributed by atoms with E-state index >= 15 is 0 Å². The van der Waals surface area contributed by atoms with Crippen LogP contribution in [0.1, 0.15) is 40.0 Å². The van der Waals surface area contributed by atoms with Crippen molar-refractivity contribution in [1.82, 2.24) is 0 Å². The van der Waals surface area contributed by atoms with Gasteiger partial charge in [-0.3, -0.25) is 0 Å². The molecule has 3 atom stereocenters. The Morgan fingerprint density at radius 1 is 1.15 bits per heavy atom. The zero-order valence-electron chi connectivity index (χ0n) is 8.67. The molecule has 3 unspecified atom stereocenters. The molecule has 2 bridgehead atoms. The van der Waals surface area contributed by atoms with Crippen molar-refractivity contribution < 1.29 is 10.2 Å². The maximum absolute atomic E-state index is 10.2. The van der Waals surface area contributed by atoms with E-state index in [4.69, 9.17) is 0 Å². The highest BCUT2D eigenvalue weighted by Crippen LogP contribution is 2.65. The molecular formula is C10H18BO2. The van der Waals surface area contributed by atoms with E-state index in [1.54, 1.807) is 6.92 Å². The third-order valence-electron chi connectivity index (χ3n) is 4.50. The topological polar surface area (TPSA) is 40.5 Å². The van der Waals surface area contributed by atoms with Crippen molar-refractivity contribution in [2.24, 2.45) is 11.3 Å². The second-order valence-electron chi connectivity index (χ2n) is 5.30. The third-order valence-corrected chi connectivity index (χ3v) is 4.50. The van der Waals surface area contributed by atoms with Gasteiger partial charge in [-0.05, 0) is 37.5 Å². The second kappa shape index (κ2) is 2.51. The lowest BCUT2D eigenvalue weighted by Gasteiger charge is -2.68. The summed E-state index contributed by atoms with van der Waals surface area (Å²) in [7, 11) is 0. The Morgan fingerprint density at radius 3 is 2.00 bits per heavy atom. The van der Waals surface area contributed by atoms with Gasteiger partial charge in [0.1, 0.15) is 0 Å². The first-order valence-corrected chi connectivity index (χ1v) is 4.76. The van der Waals surface area contributed by atoms with Crippen molar-refractivity contribution in [3.8, 4) is 0 Å². The Balaban J connectivity index is 0.000000845. The van der Waals surface area contributed by atoms with Crippen LogP contribution in [0.2, 0.25) is 0 Å². The highest BCUT2D eigenvalue weighted by Gasteiger charge is 2.69. The smallest absolute Gasteiger partial charge is 0.0986 e. The van der Waals surface area contributed by atoms with E-state index in [1.165, 1.54) is 0 Å². The molecule has 3 fully saturated rings. The van der Waals surface area contributed by atoms with Crippen molar-refractivity contribution in [1.29, 1.82) is 0 Å². The fourth-order valence-electron chi connectivity index (χ4n) is 3.12. The SMILES string of the molecule is CC1(O)CCC2CC1(O)C2(C)C.[B]. The van der Waals surface area contributed by atoms with Crippen LogP contribution in [0.3, 0.4) is 0 Å². The molecule has 0 spiro atoms. The van der Waals surface area contributed by atoms with E-state index in [-0.39, 0.29) is 13.8 Å². The maximum atomic E-state index is 10.2. The maximum Gasteiger partial charge on any atom is 0.0986 e. The summed E-state index contributed by atoms with van der Waals surface area (Å²) in [5.74, 6) is 0.614. The van der Waals surface area contributed by atoms with Crippen molar-refractivity contribution >= 4 is 8.41 Å². The zero-order valence-corrected chi connectivity index (χ0v) is 8.67. The second-order valence-corrected chi connectivity index (χ2v) is 5.30. The molecule has 2 N–H and O–H groups in total. The molecule has 73 valence electrons. The van der Waals surface area contributed by atoms with Crippen molar-refractivity contribution in [3.63, 3.8) is 0 Å². The number of aliphatic hydroxyl groups is 2. The summed E-state index contributed by atoms with van der Waals surface area (Å²) in [6.07, 6.45) is 2.59. The third kappa shape index (κ3) is 0.976. The molecular weight excluding hydrogens is 163 g/mol. The average molecular weight is 181 g/mol. The largest absolute Gasteiger partial charge is 0.387 e. The molecule has 13 heavy (non-hydrogen) atoms. The van der Waals surface area contributed by atoms with Gasteiger partial charge in [-0.2, -0.15) is 0 Å². The van der Waals surface area contributed by atoms with Crippen LogP contribution in [0.4, 0.5) is 0 Å². The van der Waals surface area contributed by atoms with Gasteiger partial charge in [0, 0.05) is 8.41 Å². The number of hydrogen-bond donors (Lipinski definition) is 2. The minimum Gasteiger partial charge on any atom is -0.387 e. The van der Waals surface area contributed by atoms with Crippen molar-refractivity contribution in [2.75, 3.05) is 0 Å². The van der Waals surface area contributed by atoms with Crippen LogP contribution < -0.4 is 0 Å². The molecule has 2 nitrogen and oxygen atoms in total. The van der Waals surface area contributed by atoms with Gasteiger partial charge < -0.3 is 10.2 Å². The summed E-state index contributed by atoms with van der Waals surface area (Å²) in [5.41, 5.74) is -1.79. The summed E-state index contributed by atoms with van der Waals surface area (Å²) < 4.78 is 0. The summed E-state index contributed by atoms with van der Waals surface area (Å²) in [4.78, 5) is 0. The molecule has 0 saturated heterocycles. The fourth-order valence-corrected chi connectivity index (χ4v) is 3.12. The Labute approximate surface area is 81.9 Å². The summed E-state index contributed by atoms with van der Waals surface area (Å²) in [5, 5.41) is 20.3. The molecule has 3 saturated carbocycles. The Kier molecular flexibility index (Phi) is 2.14. The molecule has 3 aliphatic carbocycles. The van der Waals surface area contributed by atoms with E-state index in [0.29, 0.717) is 5.92 Å². The summed E-state index contributed by atoms with van der Waals surface area (Å²) >= 11 is 0. The van der Waals surface area contributed by atoms with Gasteiger partial charge in [-0.15, -0.1) is 0 Å². The van der Waals surface area contributed by atoms with Gasteiger partial charge in [0.2, 0.25) is 0 Å². The minimum atomic E-state index is -0.870. The van der Waals surface area contributed by atoms with E-state index in [2.05, 4.69) is 13.8 Å². The Morgan fingerprint density at radius 2 is 1.69 bits per heavy atom. The predicted octanol–water partition coefficient (Wildman–Crippen LogP) is 0.928. The lowest BCUT2D eigenvalue weighted by molar-refractivity contribution is -0.312. The standard InChI is InChI=1S/C10H18O2.B/c1-8(2)7-4-5-9(3,11)10(8,12)6-7;/h7,11-12H,4-6H2,1-3H3;. The highest BCUT2D eigenvalue weighted by atomic mass is 16.4. The van der Waals surface area contributed by atoms with E-state index < -0.39 is 11.2 Å². The molecule has 0 aliphatic heterocycles. The Hall–Kier alpha value is -0.0151. The van der Waals surface area contributed by atoms with Crippen LogP contribution in [-0.2, 0) is 0 Å². The molecule has 0 aromatic heterocycles. The molecule has 0 aromatic carbocycles. The van der Waals surface area contributed by atoms with Crippen LogP contribution in [0.25, 0.3) is 0 Å². The van der Waals surface area contributed by atoms with Crippen LogP contribution in [0.15, 0.2) is 0 Å². The quantitative estimate of drug-likeness (QED) is 0.545. The molecule has 0 amide bonds. The van der Waals surface area contributed by atoms with Gasteiger partial charge >= 0.3 is 0 Å². The predicted molar refractivity (Wildman–Crippen MR) is 52.4 cm³/mol. The Bertz CT molecular complexity index is 215. The first-order chi connectivity index (χ1) is 5.31. The molecule has 0 heterocycles. The van der Waals surface area contributed by atoms with Gasteiger partial charge in [-0.25, -0.2) is 0 Å². The van der Waals surface area contributed by atoms with Crippen LogP contribution >= 0.6 is 0 Å². The van der Waals surface area contributed by atoms with E-state index in [9.17, 15) is 10.2 Å². The zero-order chi connectivity index (χ0) is 9.20. The lowest BCUT2D eigenvalue weighted by atomic mass is 9.41. The van der Waals surface area contributed by atoms with E-state index in [0.717, 1.165) is 19.3 Å². The molecule has 3 aliphatic rings. The van der Waals surface area contributed by atoms with Gasteiger partial charge in [-0.1, -0.05) is 13.8 Å². The van der Waals surface area contributed by atoms with Crippen LogP contribution in [-0.4, -0.2) is 29.8 Å². The number of fused-ring (bicyclic) bond motifs is 2. The van der Waals surface area contributed by atoms with Crippen LogP contribution in [0.5, 0.6) is 0 Å².